The van der Waals surface area contributed by atoms with Gasteiger partial charge < -0.3 is 10.1 Å². The van der Waals surface area contributed by atoms with Crippen LogP contribution in [0.15, 0.2) is 24.3 Å². The molecule has 0 bridgehead atoms. The normalized spacial score (nSPS) is 21.2. The van der Waals surface area contributed by atoms with E-state index in [1.807, 2.05) is 12.1 Å². The molecule has 2 rings (SSSR count). The average Bonchev–Trinajstić information content (AvgIpc) is 2.75. The summed E-state index contributed by atoms with van der Waals surface area (Å²) < 4.78 is 28.3. The Labute approximate surface area is 121 Å². The lowest BCUT2D eigenvalue weighted by Crippen LogP contribution is -2.33. The monoisotopic (exact) mass is 297 g/mol. The maximum atomic E-state index is 11.3. The second-order valence-corrected chi connectivity index (χ2v) is 7.86. The molecule has 1 aliphatic rings. The highest BCUT2D eigenvalue weighted by Crippen LogP contribution is 2.20. The summed E-state index contributed by atoms with van der Waals surface area (Å²) >= 11 is 0. The molecule has 1 heterocycles. The fraction of sp³-hybridized carbons (Fsp3) is 0.600. The van der Waals surface area contributed by atoms with Crippen molar-refractivity contribution in [2.45, 2.75) is 32.2 Å². The summed E-state index contributed by atoms with van der Waals surface area (Å²) in [5, 5.41) is 3.24. The Bertz CT molecular complexity index is 540. The molecule has 0 amide bonds. The first-order chi connectivity index (χ1) is 9.46. The van der Waals surface area contributed by atoms with E-state index < -0.39 is 9.84 Å². The van der Waals surface area contributed by atoms with E-state index in [2.05, 4.69) is 31.3 Å². The summed E-state index contributed by atoms with van der Waals surface area (Å²) in [4.78, 5) is 0. The third kappa shape index (κ3) is 4.49. The lowest BCUT2D eigenvalue weighted by Gasteiger charge is -2.12. The summed E-state index contributed by atoms with van der Waals surface area (Å²) in [6.07, 6.45) is 0.713. The molecule has 0 aliphatic carbocycles. The Morgan fingerprint density at radius 2 is 2.20 bits per heavy atom. The lowest BCUT2D eigenvalue weighted by molar-refractivity contribution is 0.307. The van der Waals surface area contributed by atoms with Gasteiger partial charge in [0.05, 0.1) is 11.5 Å². The van der Waals surface area contributed by atoms with E-state index in [1.165, 1.54) is 5.56 Å². The van der Waals surface area contributed by atoms with E-state index in [9.17, 15) is 8.42 Å². The van der Waals surface area contributed by atoms with Gasteiger partial charge in [0, 0.05) is 12.6 Å². The van der Waals surface area contributed by atoms with Gasteiger partial charge in [-0.1, -0.05) is 26.0 Å². The van der Waals surface area contributed by atoms with Gasteiger partial charge >= 0.3 is 0 Å². The number of nitrogens with one attached hydrogen (secondary N) is 1. The average molecular weight is 297 g/mol. The first-order valence-electron chi connectivity index (χ1n) is 7.13. The molecule has 20 heavy (non-hydrogen) atoms. The van der Waals surface area contributed by atoms with Gasteiger partial charge in [0.1, 0.15) is 12.4 Å². The minimum Gasteiger partial charge on any atom is -0.492 e. The van der Waals surface area contributed by atoms with Crippen LogP contribution >= 0.6 is 0 Å². The quantitative estimate of drug-likeness (QED) is 0.816. The number of sulfone groups is 1. The van der Waals surface area contributed by atoms with Crippen LogP contribution in [-0.2, 0) is 9.84 Å². The summed E-state index contributed by atoms with van der Waals surface area (Å²) in [5.74, 6) is 1.93. The number of rotatable bonds is 6. The second-order valence-electron chi connectivity index (χ2n) is 5.63. The third-order valence-electron chi connectivity index (χ3n) is 3.56. The maximum absolute atomic E-state index is 11.3. The first kappa shape index (κ1) is 15.3. The summed E-state index contributed by atoms with van der Waals surface area (Å²) in [6, 6.07) is 8.20. The van der Waals surface area contributed by atoms with E-state index in [0.29, 0.717) is 31.2 Å². The highest BCUT2D eigenvalue weighted by molar-refractivity contribution is 7.91. The predicted molar refractivity (Wildman–Crippen MR) is 81.1 cm³/mol. The van der Waals surface area contributed by atoms with E-state index in [1.54, 1.807) is 0 Å². The molecular formula is C15H23NO3S. The molecule has 1 N–H and O–H groups in total. The standard InChI is InChI=1S/C15H23NO3S/c1-12(2)13-4-3-5-15(10-13)19-8-7-16-14-6-9-20(17,18)11-14/h3-5,10,12,14,16H,6-9,11H2,1-2H3. The maximum Gasteiger partial charge on any atom is 0.151 e. The molecule has 1 aromatic rings. The van der Waals surface area contributed by atoms with Crippen LogP contribution in [0.1, 0.15) is 31.7 Å². The van der Waals surface area contributed by atoms with Crippen molar-refractivity contribution in [3.8, 4) is 5.75 Å². The fourth-order valence-corrected chi connectivity index (χ4v) is 4.06. The van der Waals surface area contributed by atoms with Gasteiger partial charge in [-0.15, -0.1) is 0 Å². The smallest absolute Gasteiger partial charge is 0.151 e. The Kier molecular flexibility index (Phi) is 5.05. The zero-order valence-corrected chi connectivity index (χ0v) is 12.9. The van der Waals surface area contributed by atoms with Gasteiger partial charge in [-0.25, -0.2) is 8.42 Å². The van der Waals surface area contributed by atoms with Crippen molar-refractivity contribution in [2.24, 2.45) is 0 Å². The highest BCUT2D eigenvalue weighted by atomic mass is 32.2. The van der Waals surface area contributed by atoms with Crippen molar-refractivity contribution in [2.75, 3.05) is 24.7 Å². The molecule has 1 aliphatic heterocycles. The molecule has 0 spiro atoms. The molecule has 5 heteroatoms. The van der Waals surface area contributed by atoms with Crippen molar-refractivity contribution in [1.82, 2.24) is 5.32 Å². The Hall–Kier alpha value is -1.07. The van der Waals surface area contributed by atoms with Gasteiger partial charge in [-0.05, 0) is 30.0 Å². The SMILES string of the molecule is CC(C)c1cccc(OCCNC2CCS(=O)(=O)C2)c1. The van der Waals surface area contributed by atoms with Gasteiger partial charge in [0.15, 0.2) is 9.84 Å². The van der Waals surface area contributed by atoms with E-state index in [4.69, 9.17) is 4.74 Å². The molecule has 0 aromatic heterocycles. The molecule has 4 nitrogen and oxygen atoms in total. The van der Waals surface area contributed by atoms with E-state index in [-0.39, 0.29) is 11.8 Å². The molecule has 1 fully saturated rings. The largest absolute Gasteiger partial charge is 0.492 e. The summed E-state index contributed by atoms with van der Waals surface area (Å²) in [7, 11) is -2.80. The topological polar surface area (TPSA) is 55.4 Å². The van der Waals surface area contributed by atoms with Crippen molar-refractivity contribution < 1.29 is 13.2 Å². The first-order valence-corrected chi connectivity index (χ1v) is 8.95. The van der Waals surface area contributed by atoms with Gasteiger partial charge in [-0.3, -0.25) is 0 Å². The van der Waals surface area contributed by atoms with E-state index in [0.717, 1.165) is 5.75 Å². The van der Waals surface area contributed by atoms with E-state index >= 15 is 0 Å². The summed E-state index contributed by atoms with van der Waals surface area (Å²) in [6.45, 7) is 5.53. The van der Waals surface area contributed by atoms with Crippen LogP contribution in [0.2, 0.25) is 0 Å². The predicted octanol–water partition coefficient (Wildman–Crippen LogP) is 1.97. The van der Waals surface area contributed by atoms with Crippen molar-refractivity contribution in [3.63, 3.8) is 0 Å². The molecule has 1 unspecified atom stereocenters. The molecule has 1 aromatic carbocycles. The molecule has 1 saturated heterocycles. The van der Waals surface area contributed by atoms with Crippen LogP contribution in [0.5, 0.6) is 5.75 Å². The number of hydrogen-bond donors (Lipinski definition) is 1. The molecule has 0 saturated carbocycles. The number of ether oxygens (including phenoxy) is 1. The van der Waals surface area contributed by atoms with Gasteiger partial charge in [0.2, 0.25) is 0 Å². The Morgan fingerprint density at radius 3 is 2.85 bits per heavy atom. The highest BCUT2D eigenvalue weighted by Gasteiger charge is 2.26. The lowest BCUT2D eigenvalue weighted by atomic mass is 10.0. The van der Waals surface area contributed by atoms with Crippen LogP contribution in [0.25, 0.3) is 0 Å². The van der Waals surface area contributed by atoms with Crippen LogP contribution in [-0.4, -0.2) is 39.1 Å². The van der Waals surface area contributed by atoms with Crippen molar-refractivity contribution in [1.29, 1.82) is 0 Å². The van der Waals surface area contributed by atoms with Crippen molar-refractivity contribution >= 4 is 9.84 Å². The molecule has 1 atom stereocenters. The Morgan fingerprint density at radius 1 is 1.40 bits per heavy atom. The zero-order chi connectivity index (χ0) is 14.6. The molecular weight excluding hydrogens is 274 g/mol. The fourth-order valence-electron chi connectivity index (χ4n) is 2.35. The van der Waals surface area contributed by atoms with Crippen molar-refractivity contribution in [3.05, 3.63) is 29.8 Å². The van der Waals surface area contributed by atoms with Crippen LogP contribution in [0, 0.1) is 0 Å². The van der Waals surface area contributed by atoms with Crippen LogP contribution in [0.4, 0.5) is 0 Å². The zero-order valence-electron chi connectivity index (χ0n) is 12.1. The van der Waals surface area contributed by atoms with Crippen LogP contribution in [0.3, 0.4) is 0 Å². The number of benzene rings is 1. The second kappa shape index (κ2) is 6.59. The van der Waals surface area contributed by atoms with Gasteiger partial charge in [0.25, 0.3) is 0 Å². The van der Waals surface area contributed by atoms with Gasteiger partial charge in [-0.2, -0.15) is 0 Å². The molecule has 0 radical (unpaired) electrons. The summed E-state index contributed by atoms with van der Waals surface area (Å²) in [5.41, 5.74) is 1.26. The minimum absolute atomic E-state index is 0.0885. The number of hydrogen-bond acceptors (Lipinski definition) is 4. The third-order valence-corrected chi connectivity index (χ3v) is 5.33. The molecule has 112 valence electrons. The van der Waals surface area contributed by atoms with Crippen LogP contribution < -0.4 is 10.1 Å². The Balaban J connectivity index is 1.72. The minimum atomic E-state index is -2.80.